The molecule has 0 aliphatic carbocycles. The number of rotatable bonds is 8. The lowest BCUT2D eigenvalue weighted by molar-refractivity contribution is -0.137. The lowest BCUT2D eigenvalue weighted by Crippen LogP contribution is -2.48. The third-order valence-corrected chi connectivity index (χ3v) is 6.97. The number of aromatic amines is 1. The molecule has 3 aromatic heterocycles. The van der Waals surface area contributed by atoms with E-state index in [1.807, 2.05) is 13.0 Å². The molecule has 1 amide bonds. The summed E-state index contributed by atoms with van der Waals surface area (Å²) >= 11 is 0. The molecule has 2 atom stereocenters. The fraction of sp³-hybridized carbons (Fsp3) is 0.480. The minimum absolute atomic E-state index is 0.0552. The molecule has 1 fully saturated rings. The van der Waals surface area contributed by atoms with E-state index in [0.29, 0.717) is 38.0 Å². The van der Waals surface area contributed by atoms with Crippen LogP contribution in [0.4, 0.5) is 19.1 Å². The molecule has 0 aromatic carbocycles. The first-order valence-electron chi connectivity index (χ1n) is 12.4. The quantitative estimate of drug-likeness (QED) is 0.346. The van der Waals surface area contributed by atoms with Gasteiger partial charge in [0.15, 0.2) is 0 Å². The SMILES string of the molecule is C[C@@H](Nc1ncc(C#N)c(-c2c[nH]c3ncc(C(F)(F)F)cc23)n1)C1CCN(C(=O)C(N)CCCN)CC1. The Morgan fingerprint density at radius 3 is 2.71 bits per heavy atom. The van der Waals surface area contributed by atoms with Crippen LogP contribution in [0.1, 0.15) is 43.7 Å². The number of aromatic nitrogens is 4. The molecule has 202 valence electrons. The van der Waals surface area contributed by atoms with Gasteiger partial charge in [-0.25, -0.2) is 15.0 Å². The smallest absolute Gasteiger partial charge is 0.351 e. The highest BCUT2D eigenvalue weighted by molar-refractivity contribution is 5.94. The van der Waals surface area contributed by atoms with Crippen LogP contribution in [0, 0.1) is 17.2 Å². The number of pyridine rings is 1. The standard InChI is InChI=1S/C25H30F3N9O/c1-14(15-4-7-37(8-5-15)23(38)20(31)3-2-6-29)35-24-34-11-16(10-30)21(36-24)19-13-33-22-18(19)9-17(12-32-22)25(26,27)28/h9,11-15,20H,2-8,29,31H2,1H3,(H,32,33)(H,34,35,36)/t14-,20?/m1/s1. The van der Waals surface area contributed by atoms with Crippen molar-refractivity contribution in [3.05, 3.63) is 35.8 Å². The molecule has 4 heterocycles. The van der Waals surface area contributed by atoms with Crippen molar-refractivity contribution in [3.63, 3.8) is 0 Å². The van der Waals surface area contributed by atoms with E-state index < -0.39 is 17.8 Å². The molecule has 38 heavy (non-hydrogen) atoms. The van der Waals surface area contributed by atoms with E-state index in [-0.39, 0.29) is 46.1 Å². The molecule has 4 rings (SSSR count). The van der Waals surface area contributed by atoms with Crippen molar-refractivity contribution in [3.8, 4) is 17.3 Å². The van der Waals surface area contributed by atoms with Crippen LogP contribution in [0.5, 0.6) is 0 Å². The molecule has 0 radical (unpaired) electrons. The van der Waals surface area contributed by atoms with Gasteiger partial charge >= 0.3 is 6.18 Å². The Morgan fingerprint density at radius 1 is 1.32 bits per heavy atom. The number of hydrogen-bond donors (Lipinski definition) is 4. The zero-order valence-corrected chi connectivity index (χ0v) is 20.9. The summed E-state index contributed by atoms with van der Waals surface area (Å²) in [6.45, 7) is 3.67. The van der Waals surface area contributed by atoms with E-state index in [9.17, 15) is 23.2 Å². The van der Waals surface area contributed by atoms with Crippen LogP contribution in [0.3, 0.4) is 0 Å². The van der Waals surface area contributed by atoms with Crippen LogP contribution >= 0.6 is 0 Å². The number of nitrogens with one attached hydrogen (secondary N) is 2. The molecule has 1 aliphatic heterocycles. The van der Waals surface area contributed by atoms with Crippen LogP contribution in [-0.2, 0) is 11.0 Å². The van der Waals surface area contributed by atoms with Crippen LogP contribution in [-0.4, -0.2) is 62.5 Å². The van der Waals surface area contributed by atoms with Crippen LogP contribution in [0.25, 0.3) is 22.3 Å². The third-order valence-electron chi connectivity index (χ3n) is 6.97. The average Bonchev–Trinajstić information content (AvgIpc) is 3.34. The molecule has 1 aliphatic rings. The predicted molar refractivity (Wildman–Crippen MR) is 135 cm³/mol. The Morgan fingerprint density at radius 2 is 2.05 bits per heavy atom. The second-order valence-electron chi connectivity index (χ2n) is 9.52. The highest BCUT2D eigenvalue weighted by Gasteiger charge is 2.32. The highest BCUT2D eigenvalue weighted by Crippen LogP contribution is 2.35. The van der Waals surface area contributed by atoms with Gasteiger partial charge in [0.25, 0.3) is 0 Å². The van der Waals surface area contributed by atoms with Gasteiger partial charge < -0.3 is 26.7 Å². The Hall–Kier alpha value is -3.76. The minimum Gasteiger partial charge on any atom is -0.351 e. The summed E-state index contributed by atoms with van der Waals surface area (Å²) in [5, 5.41) is 13.1. The summed E-state index contributed by atoms with van der Waals surface area (Å²) in [6, 6.07) is 2.41. The van der Waals surface area contributed by atoms with E-state index in [1.165, 1.54) is 12.4 Å². The largest absolute Gasteiger partial charge is 0.417 e. The van der Waals surface area contributed by atoms with Crippen molar-refractivity contribution < 1.29 is 18.0 Å². The van der Waals surface area contributed by atoms with Gasteiger partial charge in [-0.1, -0.05) is 0 Å². The number of carbonyl (C=O) groups is 1. The van der Waals surface area contributed by atoms with Gasteiger partial charge in [-0.2, -0.15) is 18.4 Å². The summed E-state index contributed by atoms with van der Waals surface area (Å²) in [4.78, 5) is 29.8. The van der Waals surface area contributed by atoms with Gasteiger partial charge in [-0.15, -0.1) is 0 Å². The number of halogens is 3. The molecule has 10 nitrogen and oxygen atoms in total. The highest BCUT2D eigenvalue weighted by atomic mass is 19.4. The number of fused-ring (bicyclic) bond motifs is 1. The van der Waals surface area contributed by atoms with Crippen molar-refractivity contribution in [2.24, 2.45) is 17.4 Å². The van der Waals surface area contributed by atoms with Gasteiger partial charge in [0.2, 0.25) is 11.9 Å². The second-order valence-corrected chi connectivity index (χ2v) is 9.52. The number of nitriles is 1. The number of H-pyrrole nitrogens is 1. The van der Waals surface area contributed by atoms with Gasteiger partial charge in [-0.05, 0) is 51.1 Å². The number of alkyl halides is 3. The maximum absolute atomic E-state index is 13.3. The molecule has 13 heteroatoms. The monoisotopic (exact) mass is 529 g/mol. The van der Waals surface area contributed by atoms with Crippen molar-refractivity contribution in [1.82, 2.24) is 24.8 Å². The Bertz CT molecular complexity index is 1330. The number of carbonyl (C=O) groups excluding carboxylic acids is 1. The number of hydrogen-bond acceptors (Lipinski definition) is 8. The lowest BCUT2D eigenvalue weighted by atomic mass is 9.90. The Balaban J connectivity index is 1.48. The average molecular weight is 530 g/mol. The van der Waals surface area contributed by atoms with Crippen molar-refractivity contribution in [2.75, 3.05) is 25.0 Å². The normalized spacial score (nSPS) is 16.3. The van der Waals surface area contributed by atoms with E-state index in [2.05, 4.69) is 25.3 Å². The van der Waals surface area contributed by atoms with Crippen molar-refractivity contribution in [2.45, 2.75) is 50.9 Å². The van der Waals surface area contributed by atoms with E-state index in [1.54, 1.807) is 4.90 Å². The fourth-order valence-corrected chi connectivity index (χ4v) is 4.73. The van der Waals surface area contributed by atoms with Gasteiger partial charge in [0.05, 0.1) is 29.1 Å². The van der Waals surface area contributed by atoms with Crippen molar-refractivity contribution >= 4 is 22.9 Å². The summed E-state index contributed by atoms with van der Waals surface area (Å²) in [7, 11) is 0. The number of anilines is 1. The molecule has 0 bridgehead atoms. The first-order valence-corrected chi connectivity index (χ1v) is 12.4. The number of nitrogens with two attached hydrogens (primary N) is 2. The van der Waals surface area contributed by atoms with Crippen LogP contribution in [0.15, 0.2) is 24.7 Å². The van der Waals surface area contributed by atoms with Gasteiger partial charge in [0.1, 0.15) is 11.7 Å². The van der Waals surface area contributed by atoms with Crippen LogP contribution in [0.2, 0.25) is 0 Å². The fourth-order valence-electron chi connectivity index (χ4n) is 4.73. The predicted octanol–water partition coefficient (Wildman–Crippen LogP) is 3.02. The molecular formula is C25H30F3N9O. The number of likely N-dealkylation sites (tertiary alicyclic amines) is 1. The summed E-state index contributed by atoms with van der Waals surface area (Å²) in [5.41, 5.74) is 11.5. The zero-order chi connectivity index (χ0) is 27.4. The molecule has 1 unspecified atom stereocenters. The molecule has 6 N–H and O–H groups in total. The summed E-state index contributed by atoms with van der Waals surface area (Å²) in [5.74, 6) is 0.427. The van der Waals surface area contributed by atoms with Gasteiger partial charge in [-0.3, -0.25) is 4.79 Å². The summed E-state index contributed by atoms with van der Waals surface area (Å²) in [6.07, 6.45) is 1.83. The first kappa shape index (κ1) is 27.3. The first-order chi connectivity index (χ1) is 18.1. The molecule has 0 saturated carbocycles. The summed E-state index contributed by atoms with van der Waals surface area (Å²) < 4.78 is 39.8. The van der Waals surface area contributed by atoms with Gasteiger partial charge in [0, 0.05) is 42.5 Å². The van der Waals surface area contributed by atoms with Crippen LogP contribution < -0.4 is 16.8 Å². The topological polar surface area (TPSA) is 163 Å². The Labute approximate surface area is 217 Å². The third kappa shape index (κ3) is 5.87. The number of nitrogens with zero attached hydrogens (tertiary/aromatic N) is 5. The molecule has 0 spiro atoms. The maximum atomic E-state index is 13.3. The van der Waals surface area contributed by atoms with Crippen molar-refractivity contribution in [1.29, 1.82) is 5.26 Å². The maximum Gasteiger partial charge on any atom is 0.417 e. The lowest BCUT2D eigenvalue weighted by Gasteiger charge is -2.36. The van der Waals surface area contributed by atoms with E-state index in [4.69, 9.17) is 11.5 Å². The number of piperidine rings is 1. The minimum atomic E-state index is -4.56. The molecule has 1 saturated heterocycles. The van der Waals surface area contributed by atoms with E-state index in [0.717, 1.165) is 25.1 Å². The number of amides is 1. The Kier molecular flexibility index (Phi) is 8.13. The molecular weight excluding hydrogens is 499 g/mol. The molecule has 3 aromatic rings. The zero-order valence-electron chi connectivity index (χ0n) is 20.9. The van der Waals surface area contributed by atoms with E-state index >= 15 is 0 Å². The second kappa shape index (κ2) is 11.3.